The van der Waals surface area contributed by atoms with Gasteiger partial charge in [0.1, 0.15) is 0 Å². The number of carbonyl (C=O) groups is 1. The average molecular weight is 415 g/mol. The number of hydrogen-bond acceptors (Lipinski definition) is 2. The van der Waals surface area contributed by atoms with Crippen LogP contribution in [0.25, 0.3) is 0 Å². The summed E-state index contributed by atoms with van der Waals surface area (Å²) in [5.74, 6) is 1.24. The summed E-state index contributed by atoms with van der Waals surface area (Å²) in [7, 11) is 2.82. The van der Waals surface area contributed by atoms with Gasteiger partial charge in [-0.2, -0.15) is 0 Å². The molecule has 0 radical (unpaired) electrons. The topological polar surface area (TPSA) is 32.3 Å². The van der Waals surface area contributed by atoms with Crippen molar-refractivity contribution in [1.82, 2.24) is 5.32 Å². The van der Waals surface area contributed by atoms with Crippen molar-refractivity contribution in [2.75, 3.05) is 11.4 Å². The van der Waals surface area contributed by atoms with Crippen molar-refractivity contribution in [1.29, 1.82) is 0 Å². The van der Waals surface area contributed by atoms with Gasteiger partial charge in [-0.1, -0.05) is 32.0 Å². The first-order valence-electron chi connectivity index (χ1n) is 10.1. The minimum absolute atomic E-state index is 0.102. The quantitative estimate of drug-likeness (QED) is 0.554. The number of hydrogen-bond donors (Lipinski definition) is 1. The molecule has 4 rings (SSSR count). The normalized spacial score (nSPS) is 21.2. The Morgan fingerprint density at radius 2 is 2.04 bits per heavy atom. The summed E-state index contributed by atoms with van der Waals surface area (Å²) < 4.78 is 0. The highest BCUT2D eigenvalue weighted by molar-refractivity contribution is 7.27. The van der Waals surface area contributed by atoms with Crippen molar-refractivity contribution in [2.45, 2.75) is 51.1 Å². The molecule has 0 spiro atoms. The molecule has 148 valence electrons. The van der Waals surface area contributed by atoms with Crippen LogP contribution < -0.4 is 15.5 Å². The van der Waals surface area contributed by atoms with Crippen molar-refractivity contribution in [3.8, 4) is 0 Å². The molecular formula is C23H28ClN2OP. The summed E-state index contributed by atoms with van der Waals surface area (Å²) in [6.07, 6.45) is 2.06. The van der Waals surface area contributed by atoms with Gasteiger partial charge in [-0.15, -0.1) is 20.8 Å². The molecule has 0 bridgehead atoms. The van der Waals surface area contributed by atoms with Crippen molar-refractivity contribution in [3.63, 3.8) is 0 Å². The van der Waals surface area contributed by atoms with E-state index in [1.54, 1.807) is 0 Å². The highest BCUT2D eigenvalue weighted by atomic mass is 35.5. The van der Waals surface area contributed by atoms with E-state index in [1.807, 2.05) is 11.0 Å². The number of rotatable bonds is 6. The fraction of sp³-hybridized carbons (Fsp3) is 0.435. The molecule has 1 amide bonds. The fourth-order valence-corrected chi connectivity index (χ4v) is 4.97. The zero-order chi connectivity index (χ0) is 19.8. The van der Waals surface area contributed by atoms with E-state index in [1.165, 1.54) is 5.56 Å². The predicted molar refractivity (Wildman–Crippen MR) is 121 cm³/mol. The molecule has 1 atom stereocenters. The van der Waals surface area contributed by atoms with E-state index in [9.17, 15) is 4.79 Å². The van der Waals surface area contributed by atoms with Crippen LogP contribution in [0.1, 0.15) is 59.7 Å². The van der Waals surface area contributed by atoms with E-state index in [4.69, 9.17) is 11.6 Å². The van der Waals surface area contributed by atoms with Crippen molar-refractivity contribution in [2.24, 2.45) is 5.92 Å². The first kappa shape index (κ1) is 19.9. The summed E-state index contributed by atoms with van der Waals surface area (Å²) in [4.78, 5) is 15.1. The Morgan fingerprint density at radius 3 is 2.75 bits per heavy atom. The van der Waals surface area contributed by atoms with Crippen LogP contribution in [0.2, 0.25) is 0 Å². The summed E-state index contributed by atoms with van der Waals surface area (Å²) in [6, 6.07) is 12.7. The Labute approximate surface area is 175 Å². The average Bonchev–Trinajstić information content (AvgIpc) is 2.96. The molecule has 1 aliphatic carbocycles. The van der Waals surface area contributed by atoms with Gasteiger partial charge < -0.3 is 10.2 Å². The number of fused-ring (bicyclic) bond motifs is 1. The van der Waals surface area contributed by atoms with Crippen LogP contribution in [0.4, 0.5) is 5.69 Å². The molecule has 1 aliphatic heterocycles. The van der Waals surface area contributed by atoms with Gasteiger partial charge in [-0.25, -0.2) is 0 Å². The molecule has 1 unspecified atom stereocenters. The highest BCUT2D eigenvalue weighted by Gasteiger charge is 2.32. The molecule has 1 saturated carbocycles. The first-order valence-corrected chi connectivity index (χ1v) is 11.1. The number of nitrogens with zero attached hydrogens (tertiary/aromatic N) is 1. The van der Waals surface area contributed by atoms with Crippen LogP contribution in [0.3, 0.4) is 0 Å². The zero-order valence-electron chi connectivity index (χ0n) is 16.5. The van der Waals surface area contributed by atoms with Crippen LogP contribution in [0.5, 0.6) is 0 Å². The van der Waals surface area contributed by atoms with Gasteiger partial charge in [0.15, 0.2) is 0 Å². The standard InChI is InChI=1S/C23H28ClN2OP/c1-14(2)11-25-12-15-6-20-21(22(28)7-15)13-26(23(20)27)19-5-3-4-16(10-19)17-8-18(24)9-17/h3-7,10,14,17-18,25H,8-9,11-13,28H2,1-2H3. The van der Waals surface area contributed by atoms with Crippen LogP contribution in [-0.2, 0) is 13.1 Å². The van der Waals surface area contributed by atoms with Crippen molar-refractivity contribution in [3.05, 3.63) is 58.7 Å². The number of benzene rings is 2. The molecular weight excluding hydrogens is 387 g/mol. The molecule has 2 aliphatic rings. The molecule has 2 aromatic carbocycles. The summed E-state index contributed by atoms with van der Waals surface area (Å²) in [6.45, 7) is 6.79. The van der Waals surface area contributed by atoms with Crippen LogP contribution in [0.15, 0.2) is 36.4 Å². The van der Waals surface area contributed by atoms with Gasteiger partial charge in [0.2, 0.25) is 0 Å². The minimum Gasteiger partial charge on any atom is -0.312 e. The second kappa shape index (κ2) is 8.14. The van der Waals surface area contributed by atoms with Gasteiger partial charge >= 0.3 is 0 Å². The van der Waals surface area contributed by atoms with E-state index in [0.717, 1.165) is 53.6 Å². The smallest absolute Gasteiger partial charge is 0.258 e. The fourth-order valence-electron chi connectivity index (χ4n) is 4.08. The number of anilines is 1. The van der Waals surface area contributed by atoms with Crippen LogP contribution in [0, 0.1) is 5.92 Å². The number of carbonyl (C=O) groups excluding carboxylic acids is 1. The Bertz CT molecular complexity index is 892. The maximum atomic E-state index is 13.2. The number of nitrogens with one attached hydrogen (secondary N) is 1. The van der Waals surface area contributed by atoms with E-state index in [0.29, 0.717) is 23.8 Å². The monoisotopic (exact) mass is 414 g/mol. The lowest BCUT2D eigenvalue weighted by Crippen LogP contribution is -2.25. The molecule has 1 N–H and O–H groups in total. The molecule has 0 aromatic heterocycles. The van der Waals surface area contributed by atoms with E-state index < -0.39 is 0 Å². The summed E-state index contributed by atoms with van der Waals surface area (Å²) >= 11 is 6.16. The third-order valence-corrected chi connectivity index (χ3v) is 6.62. The second-order valence-electron chi connectivity index (χ2n) is 8.49. The lowest BCUT2D eigenvalue weighted by molar-refractivity contribution is 0.0996. The molecule has 2 aromatic rings. The van der Waals surface area contributed by atoms with Gasteiger partial charge in [0.05, 0.1) is 6.54 Å². The highest BCUT2D eigenvalue weighted by Crippen LogP contribution is 2.41. The number of alkyl halides is 1. The summed E-state index contributed by atoms with van der Waals surface area (Å²) in [5.41, 5.74) is 5.40. The zero-order valence-corrected chi connectivity index (χ0v) is 18.5. The molecule has 1 heterocycles. The minimum atomic E-state index is 0.102. The molecule has 0 saturated heterocycles. The lowest BCUT2D eigenvalue weighted by atomic mass is 9.79. The van der Waals surface area contributed by atoms with E-state index in [-0.39, 0.29) is 5.91 Å². The second-order valence-corrected chi connectivity index (χ2v) is 9.73. The SMILES string of the molecule is CC(C)CNCc1cc(P)c2c(c1)C(=O)N(c1cccc(C3CC(Cl)C3)c1)C2. The molecule has 28 heavy (non-hydrogen) atoms. The Kier molecular flexibility index (Phi) is 5.78. The largest absolute Gasteiger partial charge is 0.312 e. The summed E-state index contributed by atoms with van der Waals surface area (Å²) in [5, 5.41) is 4.89. The molecule has 5 heteroatoms. The number of halogens is 1. The first-order chi connectivity index (χ1) is 13.4. The van der Waals surface area contributed by atoms with Gasteiger partial charge in [0, 0.05) is 23.2 Å². The Hall–Kier alpha value is -1.41. The van der Waals surface area contributed by atoms with Gasteiger partial charge in [-0.05, 0) is 71.4 Å². The third-order valence-electron chi connectivity index (χ3n) is 5.75. The van der Waals surface area contributed by atoms with E-state index in [2.05, 4.69) is 58.7 Å². The van der Waals surface area contributed by atoms with E-state index >= 15 is 0 Å². The maximum Gasteiger partial charge on any atom is 0.258 e. The molecule has 3 nitrogen and oxygen atoms in total. The maximum absolute atomic E-state index is 13.2. The van der Waals surface area contributed by atoms with Gasteiger partial charge in [-0.3, -0.25) is 4.79 Å². The van der Waals surface area contributed by atoms with Crippen molar-refractivity contribution >= 4 is 37.7 Å². The van der Waals surface area contributed by atoms with Gasteiger partial charge in [0.25, 0.3) is 5.91 Å². The third kappa shape index (κ3) is 3.99. The number of amides is 1. The Morgan fingerprint density at radius 1 is 1.25 bits per heavy atom. The predicted octanol–water partition coefficient (Wildman–Crippen LogP) is 4.58. The van der Waals surface area contributed by atoms with Crippen molar-refractivity contribution < 1.29 is 4.79 Å². The van der Waals surface area contributed by atoms with Crippen LogP contribution >= 0.6 is 20.8 Å². The van der Waals surface area contributed by atoms with Crippen LogP contribution in [-0.4, -0.2) is 17.8 Å². The lowest BCUT2D eigenvalue weighted by Gasteiger charge is -2.32. The molecule has 1 fully saturated rings. The Balaban J connectivity index is 1.54.